The molecule has 3 heterocycles. The summed E-state index contributed by atoms with van der Waals surface area (Å²) in [6, 6.07) is 13.4. The molecule has 1 saturated carbocycles. The fourth-order valence-corrected chi connectivity index (χ4v) is 8.93. The molecule has 6 amide bonds. The molecule has 282 valence electrons. The molecule has 16 heteroatoms. The Morgan fingerprint density at radius 3 is 1.23 bits per heavy atom. The molecule has 2 fully saturated rings. The van der Waals surface area contributed by atoms with Gasteiger partial charge in [0.15, 0.2) is 0 Å². The molecule has 1 saturated heterocycles. The van der Waals surface area contributed by atoms with Gasteiger partial charge in [-0.3, -0.25) is 33.7 Å². The van der Waals surface area contributed by atoms with E-state index in [0.717, 1.165) is 4.90 Å². The summed E-state index contributed by atoms with van der Waals surface area (Å²) in [5.41, 5.74) is -4.19. The Hall–Kier alpha value is -6.58. The number of rotatable bonds is 5. The average Bonchev–Trinajstić information content (AvgIpc) is 3.93. The largest absolute Gasteiger partial charge is 0.411 e. The summed E-state index contributed by atoms with van der Waals surface area (Å²) in [4.78, 5) is 82.5. The van der Waals surface area contributed by atoms with E-state index in [0.29, 0.717) is 52.6 Å². The standard InChI is InChI=1S/C40H24F6N4O6/c41-39(42,43)38(40(44,45)46,20-3-13-26-28(16-20)34(53)48(32(26)51)23-7-5-22(47)6-8-23)21-4-14-27-29(17-21)35(54)49(33(27)52)24-9-11-25(12-10-24)50-36(55)30-18-1-2-19(15-18)31(30)37(50)56/h1-14,16-19,30-31H,15,47H2. The van der Waals surface area contributed by atoms with Gasteiger partial charge in [0.05, 0.1) is 51.2 Å². The van der Waals surface area contributed by atoms with Crippen molar-refractivity contribution in [2.24, 2.45) is 23.7 Å². The van der Waals surface area contributed by atoms with Crippen LogP contribution < -0.4 is 20.4 Å². The van der Waals surface area contributed by atoms with E-state index in [1.54, 1.807) is 0 Å². The van der Waals surface area contributed by atoms with Crippen LogP contribution in [0.3, 0.4) is 0 Å². The van der Waals surface area contributed by atoms with Crippen LogP contribution in [0, 0.1) is 23.7 Å². The van der Waals surface area contributed by atoms with Crippen molar-refractivity contribution in [2.75, 3.05) is 20.4 Å². The normalized spacial score (nSPS) is 22.9. The van der Waals surface area contributed by atoms with Gasteiger partial charge in [0, 0.05) is 5.69 Å². The van der Waals surface area contributed by atoms with Crippen LogP contribution in [-0.2, 0) is 15.0 Å². The molecule has 2 bridgehead atoms. The van der Waals surface area contributed by atoms with Crippen molar-refractivity contribution in [3.8, 4) is 0 Å². The smallest absolute Gasteiger partial charge is 0.399 e. The van der Waals surface area contributed by atoms with E-state index in [1.807, 2.05) is 12.2 Å². The molecule has 4 atom stereocenters. The average molecular weight is 771 g/mol. The third-order valence-corrected chi connectivity index (χ3v) is 11.5. The molecular formula is C40H24F6N4O6. The SMILES string of the molecule is Nc1ccc(N2C(=O)c3ccc(C(c4ccc5c(c4)C(=O)N(c4ccc(N6C(=O)C7C8C=CC(C8)C7C6=O)cc4)C5=O)(C(F)(F)F)C(F)(F)F)cc3C2=O)cc1. The first-order valence-electron chi connectivity index (χ1n) is 17.2. The van der Waals surface area contributed by atoms with Gasteiger partial charge in [-0.1, -0.05) is 24.3 Å². The predicted octanol–water partition coefficient (Wildman–Crippen LogP) is 6.59. The summed E-state index contributed by atoms with van der Waals surface area (Å²) in [5, 5.41) is 0. The molecule has 0 spiro atoms. The number of hydrogen-bond acceptors (Lipinski definition) is 7. The monoisotopic (exact) mass is 770 g/mol. The molecule has 0 aromatic heterocycles. The summed E-state index contributed by atoms with van der Waals surface area (Å²) in [6.07, 6.45) is -7.72. The number of nitrogen functional groups attached to an aromatic ring is 1. The van der Waals surface area contributed by atoms with Gasteiger partial charge >= 0.3 is 12.4 Å². The Bertz CT molecular complexity index is 2470. The number of imide groups is 3. The van der Waals surface area contributed by atoms with E-state index < -0.39 is 86.6 Å². The number of allylic oxidation sites excluding steroid dienone is 2. The molecule has 4 unspecified atom stereocenters. The number of anilines is 4. The number of benzene rings is 4. The van der Waals surface area contributed by atoms with Crippen molar-refractivity contribution in [3.63, 3.8) is 0 Å². The Morgan fingerprint density at radius 2 is 0.839 bits per heavy atom. The van der Waals surface area contributed by atoms with Crippen LogP contribution in [-0.4, -0.2) is 47.8 Å². The van der Waals surface area contributed by atoms with Crippen LogP contribution in [0.4, 0.5) is 49.1 Å². The number of halogens is 6. The summed E-state index contributed by atoms with van der Waals surface area (Å²) in [6.45, 7) is 0. The zero-order valence-corrected chi connectivity index (χ0v) is 28.4. The highest BCUT2D eigenvalue weighted by Gasteiger charge is 2.73. The van der Waals surface area contributed by atoms with Crippen molar-refractivity contribution in [1.82, 2.24) is 0 Å². The fourth-order valence-electron chi connectivity index (χ4n) is 8.93. The molecule has 5 aliphatic rings. The summed E-state index contributed by atoms with van der Waals surface area (Å²) >= 11 is 0. The Balaban J connectivity index is 1.07. The molecule has 3 aliphatic heterocycles. The Kier molecular flexibility index (Phi) is 7.20. The topological polar surface area (TPSA) is 138 Å². The summed E-state index contributed by atoms with van der Waals surface area (Å²) in [5.74, 6) is -6.27. The third-order valence-electron chi connectivity index (χ3n) is 11.5. The van der Waals surface area contributed by atoms with Gasteiger partial charge in [0.1, 0.15) is 0 Å². The molecule has 56 heavy (non-hydrogen) atoms. The van der Waals surface area contributed by atoms with Crippen LogP contribution in [0.15, 0.2) is 97.1 Å². The zero-order chi connectivity index (χ0) is 39.8. The Labute approximate surface area is 311 Å². The number of carbonyl (C=O) groups is 6. The minimum Gasteiger partial charge on any atom is -0.399 e. The molecular weight excluding hydrogens is 746 g/mol. The number of nitrogens with two attached hydrogens (primary N) is 1. The molecule has 0 radical (unpaired) electrons. The van der Waals surface area contributed by atoms with Crippen LogP contribution in [0.25, 0.3) is 0 Å². The van der Waals surface area contributed by atoms with Crippen LogP contribution in [0.2, 0.25) is 0 Å². The second kappa shape index (κ2) is 11.5. The van der Waals surface area contributed by atoms with Gasteiger partial charge in [0.25, 0.3) is 23.6 Å². The Morgan fingerprint density at radius 1 is 0.482 bits per heavy atom. The summed E-state index contributed by atoms with van der Waals surface area (Å²) in [7, 11) is 0. The minimum atomic E-state index is -6.14. The van der Waals surface area contributed by atoms with Gasteiger partial charge in [-0.2, -0.15) is 26.3 Å². The highest BCUT2D eigenvalue weighted by Crippen LogP contribution is 2.57. The third kappa shape index (κ3) is 4.52. The van der Waals surface area contributed by atoms with Crippen molar-refractivity contribution in [2.45, 2.75) is 24.2 Å². The van der Waals surface area contributed by atoms with Crippen LogP contribution >= 0.6 is 0 Å². The van der Waals surface area contributed by atoms with Crippen LogP contribution in [0.5, 0.6) is 0 Å². The van der Waals surface area contributed by atoms with Crippen molar-refractivity contribution < 1.29 is 55.1 Å². The van der Waals surface area contributed by atoms with E-state index in [1.165, 1.54) is 48.5 Å². The molecule has 2 aliphatic carbocycles. The second-order valence-corrected chi connectivity index (χ2v) is 14.3. The quantitative estimate of drug-likeness (QED) is 0.105. The van der Waals surface area contributed by atoms with Crippen molar-refractivity contribution in [3.05, 3.63) is 130 Å². The first-order valence-corrected chi connectivity index (χ1v) is 17.2. The maximum Gasteiger partial charge on any atom is 0.411 e. The number of carbonyl (C=O) groups excluding carboxylic acids is 6. The lowest BCUT2D eigenvalue weighted by molar-refractivity contribution is -0.288. The van der Waals surface area contributed by atoms with Gasteiger partial charge < -0.3 is 5.73 Å². The number of nitrogens with zero attached hydrogens (tertiary/aromatic N) is 3. The first-order chi connectivity index (χ1) is 26.5. The van der Waals surface area contributed by atoms with E-state index in [2.05, 4.69) is 0 Å². The number of amides is 6. The van der Waals surface area contributed by atoms with Gasteiger partial charge in [0.2, 0.25) is 17.2 Å². The molecule has 9 rings (SSSR count). The van der Waals surface area contributed by atoms with Crippen molar-refractivity contribution in [1.29, 1.82) is 0 Å². The maximum atomic E-state index is 15.2. The molecule has 10 nitrogen and oxygen atoms in total. The predicted molar refractivity (Wildman–Crippen MR) is 186 cm³/mol. The van der Waals surface area contributed by atoms with Gasteiger partial charge in [-0.15, -0.1) is 0 Å². The lowest BCUT2D eigenvalue weighted by Gasteiger charge is -2.38. The minimum absolute atomic E-state index is 0.0181. The number of hydrogen-bond donors (Lipinski definition) is 1. The summed E-state index contributed by atoms with van der Waals surface area (Å²) < 4.78 is 91.5. The zero-order valence-electron chi connectivity index (χ0n) is 28.4. The van der Waals surface area contributed by atoms with E-state index in [9.17, 15) is 28.8 Å². The first kappa shape index (κ1) is 35.1. The van der Waals surface area contributed by atoms with Gasteiger partial charge in [-0.05, 0) is 102 Å². The molecule has 2 N–H and O–H groups in total. The highest BCUT2D eigenvalue weighted by molar-refractivity contribution is 6.35. The van der Waals surface area contributed by atoms with E-state index in [-0.39, 0.29) is 46.4 Å². The molecule has 4 aromatic carbocycles. The van der Waals surface area contributed by atoms with Gasteiger partial charge in [-0.25, -0.2) is 9.80 Å². The van der Waals surface area contributed by atoms with E-state index >= 15 is 26.3 Å². The van der Waals surface area contributed by atoms with Crippen molar-refractivity contribution >= 4 is 58.2 Å². The lowest BCUT2D eigenvalue weighted by atomic mass is 9.71. The maximum absolute atomic E-state index is 15.2. The number of fused-ring (bicyclic) bond motifs is 7. The second-order valence-electron chi connectivity index (χ2n) is 14.3. The van der Waals surface area contributed by atoms with Crippen LogP contribution in [0.1, 0.15) is 59.0 Å². The molecule has 4 aromatic rings. The fraction of sp³-hybridized carbons (Fsp3) is 0.200. The highest BCUT2D eigenvalue weighted by atomic mass is 19.4. The van der Waals surface area contributed by atoms with E-state index in [4.69, 9.17) is 5.73 Å². The number of alkyl halides is 6. The lowest BCUT2D eigenvalue weighted by Crippen LogP contribution is -2.55.